The van der Waals surface area contributed by atoms with E-state index < -0.39 is 0 Å². The number of phenolic OH excluding ortho intramolecular Hbond substituents is 1. The molecule has 1 atom stereocenters. The molecule has 0 amide bonds. The van der Waals surface area contributed by atoms with E-state index in [1.54, 1.807) is 7.11 Å². The van der Waals surface area contributed by atoms with Crippen molar-refractivity contribution in [3.63, 3.8) is 0 Å². The van der Waals surface area contributed by atoms with Crippen molar-refractivity contribution in [3.8, 4) is 11.5 Å². The normalized spacial score (nSPS) is 23.4. The lowest BCUT2D eigenvalue weighted by molar-refractivity contribution is -0.171. The predicted octanol–water partition coefficient (Wildman–Crippen LogP) is 3.25. The molecule has 0 saturated heterocycles. The van der Waals surface area contributed by atoms with Gasteiger partial charge in [-0.1, -0.05) is 0 Å². The molecule has 0 bridgehead atoms. The van der Waals surface area contributed by atoms with Gasteiger partial charge in [-0.2, -0.15) is 5.06 Å². The van der Waals surface area contributed by atoms with Gasteiger partial charge < -0.3 is 14.7 Å². The number of aryl methyl sites for hydroxylation is 1. The SMILES string of the molecule is CON(C)C1CC2(CCC2)Oc2cc(C)c(O)c(C)c21. The fourth-order valence-corrected chi connectivity index (χ4v) is 3.49. The zero-order valence-corrected chi connectivity index (χ0v) is 12.7. The first-order valence-corrected chi connectivity index (χ1v) is 7.26. The molecule has 4 heteroatoms. The molecular formula is C16H23NO3. The van der Waals surface area contributed by atoms with Crippen molar-refractivity contribution in [2.75, 3.05) is 14.2 Å². The Kier molecular flexibility index (Phi) is 3.18. The Labute approximate surface area is 120 Å². The fourth-order valence-electron chi connectivity index (χ4n) is 3.49. The highest BCUT2D eigenvalue weighted by atomic mass is 16.7. The third-order valence-electron chi connectivity index (χ3n) is 4.96. The number of rotatable bonds is 2. The van der Waals surface area contributed by atoms with Crippen LogP contribution in [-0.4, -0.2) is 29.9 Å². The summed E-state index contributed by atoms with van der Waals surface area (Å²) in [6, 6.07) is 2.10. The van der Waals surface area contributed by atoms with Crippen LogP contribution in [0.15, 0.2) is 6.07 Å². The van der Waals surface area contributed by atoms with E-state index in [1.807, 2.05) is 32.0 Å². The van der Waals surface area contributed by atoms with Gasteiger partial charge in [0.25, 0.3) is 0 Å². The second kappa shape index (κ2) is 4.64. The monoisotopic (exact) mass is 277 g/mol. The number of phenols is 1. The minimum absolute atomic E-state index is 0.0275. The zero-order valence-electron chi connectivity index (χ0n) is 12.7. The van der Waals surface area contributed by atoms with Gasteiger partial charge in [-0.25, -0.2) is 0 Å². The molecule has 1 aromatic carbocycles. The molecule has 1 aliphatic carbocycles. The van der Waals surface area contributed by atoms with Gasteiger partial charge in [0.05, 0.1) is 13.2 Å². The molecule has 1 N–H and O–H groups in total. The van der Waals surface area contributed by atoms with Crippen LogP contribution in [0.5, 0.6) is 11.5 Å². The van der Waals surface area contributed by atoms with Gasteiger partial charge in [-0.05, 0) is 50.3 Å². The molecule has 1 unspecified atom stereocenters. The summed E-state index contributed by atoms with van der Waals surface area (Å²) in [5.41, 5.74) is 2.81. The summed E-state index contributed by atoms with van der Waals surface area (Å²) >= 11 is 0. The van der Waals surface area contributed by atoms with Crippen LogP contribution in [0.2, 0.25) is 0 Å². The lowest BCUT2D eigenvalue weighted by Gasteiger charge is -2.49. The van der Waals surface area contributed by atoms with Crippen LogP contribution in [0, 0.1) is 13.8 Å². The molecule has 1 saturated carbocycles. The Hall–Kier alpha value is -1.26. The van der Waals surface area contributed by atoms with Crippen LogP contribution in [0.25, 0.3) is 0 Å². The molecule has 4 nitrogen and oxygen atoms in total. The molecule has 0 radical (unpaired) electrons. The lowest BCUT2D eigenvalue weighted by Crippen LogP contribution is -2.49. The number of hydrogen-bond donors (Lipinski definition) is 1. The summed E-state index contributed by atoms with van der Waals surface area (Å²) in [7, 11) is 3.63. The summed E-state index contributed by atoms with van der Waals surface area (Å²) in [5, 5.41) is 12.1. The minimum Gasteiger partial charge on any atom is -0.507 e. The van der Waals surface area contributed by atoms with Gasteiger partial charge in [-0.15, -0.1) is 0 Å². The average molecular weight is 277 g/mol. The Morgan fingerprint density at radius 3 is 2.65 bits per heavy atom. The van der Waals surface area contributed by atoms with Crippen LogP contribution >= 0.6 is 0 Å². The van der Waals surface area contributed by atoms with Crippen molar-refractivity contribution in [3.05, 3.63) is 22.8 Å². The topological polar surface area (TPSA) is 41.9 Å². The second-order valence-electron chi connectivity index (χ2n) is 6.17. The molecule has 1 fully saturated rings. The quantitative estimate of drug-likeness (QED) is 0.843. The van der Waals surface area contributed by atoms with Crippen molar-refractivity contribution in [1.82, 2.24) is 5.06 Å². The molecule has 110 valence electrons. The van der Waals surface area contributed by atoms with Gasteiger partial charge in [0.1, 0.15) is 17.1 Å². The van der Waals surface area contributed by atoms with Gasteiger partial charge in [0, 0.05) is 19.0 Å². The van der Waals surface area contributed by atoms with Gasteiger partial charge >= 0.3 is 0 Å². The average Bonchev–Trinajstić information content (AvgIpc) is 2.41. The number of benzene rings is 1. The Morgan fingerprint density at radius 2 is 2.10 bits per heavy atom. The zero-order chi connectivity index (χ0) is 14.5. The van der Waals surface area contributed by atoms with E-state index in [2.05, 4.69) is 0 Å². The smallest absolute Gasteiger partial charge is 0.125 e. The van der Waals surface area contributed by atoms with Crippen molar-refractivity contribution in [2.24, 2.45) is 0 Å². The molecule has 3 rings (SSSR count). The summed E-state index contributed by atoms with van der Waals surface area (Å²) in [4.78, 5) is 5.43. The van der Waals surface area contributed by atoms with E-state index in [0.29, 0.717) is 5.75 Å². The van der Waals surface area contributed by atoms with E-state index in [0.717, 1.165) is 41.7 Å². The van der Waals surface area contributed by atoms with Crippen molar-refractivity contribution in [2.45, 2.75) is 51.2 Å². The van der Waals surface area contributed by atoms with Crippen LogP contribution in [0.3, 0.4) is 0 Å². The first-order valence-electron chi connectivity index (χ1n) is 7.26. The van der Waals surface area contributed by atoms with E-state index in [-0.39, 0.29) is 11.6 Å². The Balaban J connectivity index is 2.11. The molecule has 20 heavy (non-hydrogen) atoms. The maximum absolute atomic E-state index is 10.2. The summed E-state index contributed by atoms with van der Waals surface area (Å²) < 4.78 is 6.30. The molecule has 1 spiro atoms. The van der Waals surface area contributed by atoms with Crippen molar-refractivity contribution in [1.29, 1.82) is 0 Å². The van der Waals surface area contributed by atoms with Crippen LogP contribution in [-0.2, 0) is 4.84 Å². The number of aromatic hydroxyl groups is 1. The fraction of sp³-hybridized carbons (Fsp3) is 0.625. The molecule has 1 aromatic rings. The number of hydroxylamine groups is 2. The minimum atomic E-state index is -0.0275. The largest absolute Gasteiger partial charge is 0.507 e. The first-order chi connectivity index (χ1) is 9.47. The lowest BCUT2D eigenvalue weighted by atomic mass is 9.72. The third-order valence-corrected chi connectivity index (χ3v) is 4.96. The number of fused-ring (bicyclic) bond motifs is 1. The van der Waals surface area contributed by atoms with Crippen LogP contribution in [0.1, 0.15) is 48.4 Å². The van der Waals surface area contributed by atoms with Crippen LogP contribution < -0.4 is 4.74 Å². The van der Waals surface area contributed by atoms with Crippen molar-refractivity contribution >= 4 is 0 Å². The maximum atomic E-state index is 10.2. The molecule has 0 aromatic heterocycles. The number of hydrogen-bond acceptors (Lipinski definition) is 4. The number of ether oxygens (including phenoxy) is 1. The molecule has 1 heterocycles. The Morgan fingerprint density at radius 1 is 1.40 bits per heavy atom. The summed E-state index contributed by atoms with van der Waals surface area (Å²) in [6.07, 6.45) is 4.38. The van der Waals surface area contributed by atoms with E-state index >= 15 is 0 Å². The van der Waals surface area contributed by atoms with Gasteiger partial charge in [0.2, 0.25) is 0 Å². The van der Waals surface area contributed by atoms with Gasteiger partial charge in [0.15, 0.2) is 0 Å². The van der Waals surface area contributed by atoms with E-state index in [4.69, 9.17) is 9.57 Å². The van der Waals surface area contributed by atoms with E-state index in [9.17, 15) is 5.11 Å². The maximum Gasteiger partial charge on any atom is 0.125 e. The first kappa shape index (κ1) is 13.7. The second-order valence-corrected chi connectivity index (χ2v) is 6.17. The highest BCUT2D eigenvalue weighted by Gasteiger charge is 2.47. The Bertz CT molecular complexity index is 537. The standard InChI is InChI=1S/C16H23NO3/c1-10-8-13-14(11(2)15(10)18)12(17(3)19-4)9-16(20-13)6-5-7-16/h8,12,18H,5-7,9H2,1-4H3. The molecular weight excluding hydrogens is 254 g/mol. The summed E-state index contributed by atoms with van der Waals surface area (Å²) in [6.45, 7) is 3.88. The highest BCUT2D eigenvalue weighted by Crippen LogP contribution is 2.52. The van der Waals surface area contributed by atoms with Crippen LogP contribution in [0.4, 0.5) is 0 Å². The number of nitrogens with zero attached hydrogens (tertiary/aromatic N) is 1. The third kappa shape index (κ3) is 1.90. The molecule has 2 aliphatic rings. The van der Waals surface area contributed by atoms with Gasteiger partial charge in [-0.3, -0.25) is 0 Å². The summed E-state index contributed by atoms with van der Waals surface area (Å²) in [5.74, 6) is 1.28. The highest BCUT2D eigenvalue weighted by molar-refractivity contribution is 5.54. The predicted molar refractivity (Wildman–Crippen MR) is 76.9 cm³/mol. The van der Waals surface area contributed by atoms with Crippen molar-refractivity contribution < 1.29 is 14.7 Å². The molecule has 1 aliphatic heterocycles. The van der Waals surface area contributed by atoms with E-state index in [1.165, 1.54) is 6.42 Å².